The highest BCUT2D eigenvalue weighted by molar-refractivity contribution is 6.21. The lowest BCUT2D eigenvalue weighted by Crippen LogP contribution is -2.48. The van der Waals surface area contributed by atoms with Gasteiger partial charge in [0.1, 0.15) is 5.78 Å². The number of para-hydroxylation sites is 1. The molecule has 2 atom stereocenters. The molecule has 1 N–H and O–H groups in total. The van der Waals surface area contributed by atoms with Gasteiger partial charge in [0, 0.05) is 30.6 Å². The average Bonchev–Trinajstić information content (AvgIpc) is 3.12. The molecule has 2 aromatic carbocycles. The van der Waals surface area contributed by atoms with E-state index in [1.807, 2.05) is 6.07 Å². The molecule has 7 nitrogen and oxygen atoms in total. The van der Waals surface area contributed by atoms with E-state index in [4.69, 9.17) is 4.74 Å². The molecule has 0 bridgehead atoms. The first kappa shape index (κ1) is 17.8. The summed E-state index contributed by atoms with van der Waals surface area (Å²) >= 11 is 0. The highest BCUT2D eigenvalue weighted by atomic mass is 16.5. The lowest BCUT2D eigenvalue weighted by atomic mass is 9.84. The summed E-state index contributed by atoms with van der Waals surface area (Å²) < 4.78 is 6.17. The van der Waals surface area contributed by atoms with Crippen molar-refractivity contribution in [1.29, 1.82) is 0 Å². The summed E-state index contributed by atoms with van der Waals surface area (Å²) in [4.78, 5) is 51.5. The van der Waals surface area contributed by atoms with Gasteiger partial charge in [-0.15, -0.1) is 0 Å². The zero-order chi connectivity index (χ0) is 20.2. The summed E-state index contributed by atoms with van der Waals surface area (Å²) in [5.74, 6) is -1.11. The Morgan fingerprint density at radius 2 is 1.62 bits per heavy atom. The maximum atomic E-state index is 12.7. The molecular formula is C22H18N2O5. The number of carbonyl (C=O) groups excluding carboxylic acids is 4. The zero-order valence-electron chi connectivity index (χ0n) is 15.5. The van der Waals surface area contributed by atoms with Crippen LogP contribution in [0.3, 0.4) is 0 Å². The van der Waals surface area contributed by atoms with Gasteiger partial charge in [-0.2, -0.15) is 0 Å². The average molecular weight is 390 g/mol. The maximum absolute atomic E-state index is 12.7. The highest BCUT2D eigenvalue weighted by Crippen LogP contribution is 2.45. The normalized spacial score (nSPS) is 25.4. The van der Waals surface area contributed by atoms with E-state index in [0.717, 1.165) is 0 Å². The zero-order valence-corrected chi connectivity index (χ0v) is 15.5. The predicted molar refractivity (Wildman–Crippen MR) is 102 cm³/mol. The number of ether oxygens (including phenoxy) is 1. The molecule has 0 saturated carbocycles. The molecule has 3 aliphatic heterocycles. The fourth-order valence-electron chi connectivity index (χ4n) is 4.43. The molecule has 146 valence electrons. The third-order valence-electron chi connectivity index (χ3n) is 5.80. The van der Waals surface area contributed by atoms with E-state index >= 15 is 0 Å². The highest BCUT2D eigenvalue weighted by Gasteiger charge is 2.53. The second kappa shape index (κ2) is 6.35. The summed E-state index contributed by atoms with van der Waals surface area (Å²) in [6, 6.07) is 13.9. The first-order valence-electron chi connectivity index (χ1n) is 9.55. The Hall–Kier alpha value is -3.32. The minimum absolute atomic E-state index is 0.0145. The van der Waals surface area contributed by atoms with E-state index in [9.17, 15) is 19.2 Å². The molecule has 7 heteroatoms. The van der Waals surface area contributed by atoms with Gasteiger partial charge in [0.25, 0.3) is 17.7 Å². The minimum Gasteiger partial charge on any atom is -0.356 e. The van der Waals surface area contributed by atoms with Crippen LogP contribution >= 0.6 is 0 Å². The number of hydrogen-bond acceptors (Lipinski definition) is 5. The SMILES string of the molecule is O=C1C[C@@H](CCN2C(=O)c3ccccc3C2=O)O[C@@]2(C1)C(=O)Nc1ccccc12. The van der Waals surface area contributed by atoms with Crippen molar-refractivity contribution in [1.82, 2.24) is 4.90 Å². The monoisotopic (exact) mass is 390 g/mol. The second-order valence-electron chi connectivity index (χ2n) is 7.58. The number of amides is 3. The maximum Gasteiger partial charge on any atom is 0.261 e. The second-order valence-corrected chi connectivity index (χ2v) is 7.58. The summed E-state index contributed by atoms with van der Waals surface area (Å²) in [7, 11) is 0. The van der Waals surface area contributed by atoms with Crippen LogP contribution in [0.2, 0.25) is 0 Å². The van der Waals surface area contributed by atoms with E-state index < -0.39 is 11.7 Å². The summed E-state index contributed by atoms with van der Waals surface area (Å²) in [6.45, 7) is 0.129. The molecule has 3 aliphatic rings. The molecule has 1 saturated heterocycles. The van der Waals surface area contributed by atoms with Gasteiger partial charge in [0.15, 0.2) is 5.60 Å². The van der Waals surface area contributed by atoms with Gasteiger partial charge in [-0.1, -0.05) is 30.3 Å². The fraction of sp³-hybridized carbons (Fsp3) is 0.273. The number of fused-ring (bicyclic) bond motifs is 3. The Morgan fingerprint density at radius 3 is 2.34 bits per heavy atom. The van der Waals surface area contributed by atoms with Crippen LogP contribution in [0.15, 0.2) is 48.5 Å². The number of carbonyl (C=O) groups is 4. The van der Waals surface area contributed by atoms with Gasteiger partial charge >= 0.3 is 0 Å². The first-order valence-corrected chi connectivity index (χ1v) is 9.55. The topological polar surface area (TPSA) is 92.8 Å². The molecule has 3 heterocycles. The number of anilines is 1. The molecule has 2 aromatic rings. The quantitative estimate of drug-likeness (QED) is 0.812. The number of ketones is 1. The van der Waals surface area contributed by atoms with Crippen molar-refractivity contribution < 1.29 is 23.9 Å². The Balaban J connectivity index is 1.36. The molecule has 0 aliphatic carbocycles. The molecule has 1 spiro atoms. The molecule has 0 aromatic heterocycles. The minimum atomic E-state index is -1.33. The lowest BCUT2D eigenvalue weighted by Gasteiger charge is -2.36. The lowest BCUT2D eigenvalue weighted by molar-refractivity contribution is -0.170. The Morgan fingerprint density at radius 1 is 0.966 bits per heavy atom. The van der Waals surface area contributed by atoms with E-state index in [0.29, 0.717) is 22.4 Å². The van der Waals surface area contributed by atoms with Crippen molar-refractivity contribution in [3.8, 4) is 0 Å². The van der Waals surface area contributed by atoms with Crippen LogP contribution in [0.4, 0.5) is 5.69 Å². The molecule has 5 rings (SSSR count). The molecule has 3 amide bonds. The van der Waals surface area contributed by atoms with Crippen LogP contribution in [0.5, 0.6) is 0 Å². The molecule has 29 heavy (non-hydrogen) atoms. The first-order chi connectivity index (χ1) is 14.0. The molecule has 1 fully saturated rings. The van der Waals surface area contributed by atoms with Gasteiger partial charge in [-0.3, -0.25) is 24.1 Å². The van der Waals surface area contributed by atoms with Crippen molar-refractivity contribution in [3.05, 3.63) is 65.2 Å². The standard InChI is InChI=1S/C22H18N2O5/c25-13-11-14(9-10-24-19(26)15-5-1-2-6-16(15)20(24)27)29-22(12-13)17-7-3-4-8-18(17)23-21(22)28/h1-8,14H,9-12H2,(H,23,28)/t14-,22-/m1/s1. The number of nitrogens with zero attached hydrogens (tertiary/aromatic N) is 1. The smallest absolute Gasteiger partial charge is 0.261 e. The van der Waals surface area contributed by atoms with Gasteiger partial charge in [-0.05, 0) is 24.6 Å². The fourth-order valence-corrected chi connectivity index (χ4v) is 4.43. The number of nitrogens with one attached hydrogen (secondary N) is 1. The van der Waals surface area contributed by atoms with E-state index in [-0.39, 0.29) is 49.3 Å². The summed E-state index contributed by atoms with van der Waals surface area (Å²) in [5, 5.41) is 2.79. The van der Waals surface area contributed by atoms with Crippen molar-refractivity contribution in [3.63, 3.8) is 0 Å². The summed E-state index contributed by atoms with van der Waals surface area (Å²) in [5.41, 5.74) is 0.742. The van der Waals surface area contributed by atoms with Gasteiger partial charge in [0.05, 0.1) is 17.2 Å². The van der Waals surface area contributed by atoms with E-state index in [1.165, 1.54) is 4.90 Å². The van der Waals surface area contributed by atoms with Crippen LogP contribution in [-0.4, -0.2) is 41.1 Å². The van der Waals surface area contributed by atoms with Gasteiger partial charge < -0.3 is 10.1 Å². The number of hydrogen-bond donors (Lipinski definition) is 1. The molecule has 0 radical (unpaired) electrons. The van der Waals surface area contributed by atoms with Crippen molar-refractivity contribution in [2.45, 2.75) is 31.0 Å². The van der Waals surface area contributed by atoms with Crippen molar-refractivity contribution in [2.24, 2.45) is 0 Å². The Bertz CT molecular complexity index is 1040. The predicted octanol–water partition coefficient (Wildman–Crippen LogP) is 2.27. The van der Waals surface area contributed by atoms with Crippen LogP contribution in [0, 0.1) is 0 Å². The van der Waals surface area contributed by atoms with Gasteiger partial charge in [-0.25, -0.2) is 0 Å². The van der Waals surface area contributed by atoms with Crippen LogP contribution in [0.1, 0.15) is 45.5 Å². The number of imide groups is 1. The van der Waals surface area contributed by atoms with Crippen molar-refractivity contribution >= 4 is 29.2 Å². The van der Waals surface area contributed by atoms with Crippen molar-refractivity contribution in [2.75, 3.05) is 11.9 Å². The van der Waals surface area contributed by atoms with E-state index in [1.54, 1.807) is 42.5 Å². The number of benzene rings is 2. The molecular weight excluding hydrogens is 372 g/mol. The number of rotatable bonds is 3. The van der Waals surface area contributed by atoms with Gasteiger partial charge in [0.2, 0.25) is 0 Å². The van der Waals surface area contributed by atoms with Crippen LogP contribution in [0.25, 0.3) is 0 Å². The largest absolute Gasteiger partial charge is 0.356 e. The number of Topliss-reactive ketones (excluding diaryl/α,β-unsaturated/α-hetero) is 1. The van der Waals surface area contributed by atoms with E-state index in [2.05, 4.69) is 5.32 Å². The molecule has 0 unspecified atom stereocenters. The third kappa shape index (κ3) is 2.61. The van der Waals surface area contributed by atoms with Crippen LogP contribution in [-0.2, 0) is 19.9 Å². The summed E-state index contributed by atoms with van der Waals surface area (Å²) in [6.07, 6.45) is -0.133. The Labute approximate surface area is 166 Å². The Kier molecular flexibility index (Phi) is 3.89. The van der Waals surface area contributed by atoms with Crippen LogP contribution < -0.4 is 5.32 Å². The third-order valence-corrected chi connectivity index (χ3v) is 5.80.